The van der Waals surface area contributed by atoms with E-state index in [2.05, 4.69) is 10.6 Å². The summed E-state index contributed by atoms with van der Waals surface area (Å²) in [6, 6.07) is 19.0. The van der Waals surface area contributed by atoms with E-state index in [1.807, 2.05) is 18.2 Å². The van der Waals surface area contributed by atoms with Gasteiger partial charge in [-0.3, -0.25) is 10.1 Å². The molecule has 0 saturated carbocycles. The Hall–Kier alpha value is -3.19. The number of amides is 1. The van der Waals surface area contributed by atoms with Crippen LogP contribution in [0, 0.1) is 5.82 Å². The first-order chi connectivity index (χ1) is 15.3. The first kappa shape index (κ1) is 23.5. The maximum atomic E-state index is 14.6. The lowest BCUT2D eigenvalue weighted by Crippen LogP contribution is -2.38. The number of alkyl halides is 3. The summed E-state index contributed by atoms with van der Waals surface area (Å²) in [4.78, 5) is 12.6. The molecule has 3 aromatic rings. The summed E-state index contributed by atoms with van der Waals surface area (Å²) >= 11 is 0. The number of hydrogen-bond donors (Lipinski definition) is 2. The molecule has 7 heteroatoms. The highest BCUT2D eigenvalue weighted by molar-refractivity contribution is 5.83. The molecule has 1 amide bonds. The largest absolute Gasteiger partial charge is 0.416 e. The van der Waals surface area contributed by atoms with Crippen molar-refractivity contribution >= 4 is 5.91 Å². The van der Waals surface area contributed by atoms with E-state index in [0.717, 1.165) is 17.7 Å². The quantitative estimate of drug-likeness (QED) is 0.445. The van der Waals surface area contributed by atoms with Crippen LogP contribution in [0.3, 0.4) is 0 Å². The van der Waals surface area contributed by atoms with Gasteiger partial charge in [-0.15, -0.1) is 0 Å². The molecule has 0 unspecified atom stereocenters. The van der Waals surface area contributed by atoms with Crippen molar-refractivity contribution in [3.8, 4) is 0 Å². The average molecular weight is 444 g/mol. The van der Waals surface area contributed by atoms with Gasteiger partial charge in [-0.25, -0.2) is 4.39 Å². The molecule has 2 N–H and O–H groups in total. The molecule has 3 nitrogen and oxygen atoms in total. The second-order valence-electron chi connectivity index (χ2n) is 7.43. The summed E-state index contributed by atoms with van der Waals surface area (Å²) in [5.74, 6) is -0.687. The minimum Gasteiger partial charge on any atom is -0.358 e. The topological polar surface area (TPSA) is 41.1 Å². The minimum atomic E-state index is -4.40. The van der Waals surface area contributed by atoms with Crippen LogP contribution in [0.4, 0.5) is 17.6 Å². The van der Waals surface area contributed by atoms with Gasteiger partial charge in [-0.05, 0) is 42.2 Å². The number of carbonyl (C=O) groups excluding carboxylic acids is 1. The third-order valence-corrected chi connectivity index (χ3v) is 5.29. The Morgan fingerprint density at radius 1 is 0.906 bits per heavy atom. The van der Waals surface area contributed by atoms with Gasteiger partial charge in [0.2, 0.25) is 5.91 Å². The summed E-state index contributed by atoms with van der Waals surface area (Å²) in [7, 11) is 1.53. The molecule has 0 fully saturated rings. The summed E-state index contributed by atoms with van der Waals surface area (Å²) in [5, 5.41) is 5.88. The van der Waals surface area contributed by atoms with Crippen LogP contribution < -0.4 is 10.6 Å². The van der Waals surface area contributed by atoms with Crippen molar-refractivity contribution in [1.82, 2.24) is 10.6 Å². The zero-order valence-corrected chi connectivity index (χ0v) is 17.5. The lowest BCUT2D eigenvalue weighted by molar-refractivity contribution is -0.137. The fourth-order valence-electron chi connectivity index (χ4n) is 3.57. The first-order valence-corrected chi connectivity index (χ1v) is 10.2. The predicted octanol–water partition coefficient (Wildman–Crippen LogP) is 5.60. The van der Waals surface area contributed by atoms with Crippen molar-refractivity contribution in [3.05, 3.63) is 107 Å². The molecule has 0 heterocycles. The summed E-state index contributed by atoms with van der Waals surface area (Å²) in [6.45, 7) is 0. The Balaban J connectivity index is 1.85. The zero-order chi connectivity index (χ0) is 23.1. The third-order valence-electron chi connectivity index (χ3n) is 5.29. The molecule has 0 aliphatic carbocycles. The Morgan fingerprint density at radius 2 is 1.53 bits per heavy atom. The normalized spacial score (nSPS) is 13.4. The second-order valence-corrected chi connectivity index (χ2v) is 7.43. The van der Waals surface area contributed by atoms with Gasteiger partial charge in [0, 0.05) is 18.7 Å². The van der Waals surface area contributed by atoms with Crippen LogP contribution in [0.2, 0.25) is 0 Å². The van der Waals surface area contributed by atoms with Crippen LogP contribution >= 0.6 is 0 Å². The Morgan fingerprint density at radius 3 is 2.12 bits per heavy atom. The molecule has 2 atom stereocenters. The standard InChI is InChI=1S/C25H24F4N2O/c1-30-24(32)23(18-7-3-2-4-8-18)31-22(20-9-5-6-10-21(20)26)16-13-17-11-14-19(15-12-17)25(27,28)29/h2-12,14-15,22-23,31H,13,16H2,1H3,(H,30,32)/t22-,23+/m0/s1. The van der Waals surface area contributed by atoms with Crippen LogP contribution in [-0.4, -0.2) is 13.0 Å². The van der Waals surface area contributed by atoms with Crippen molar-refractivity contribution in [3.63, 3.8) is 0 Å². The van der Waals surface area contributed by atoms with Crippen LogP contribution in [0.15, 0.2) is 78.9 Å². The summed E-state index contributed by atoms with van der Waals surface area (Å²) in [6.07, 6.45) is -3.61. The van der Waals surface area contributed by atoms with Gasteiger partial charge < -0.3 is 5.32 Å². The molecule has 3 aromatic carbocycles. The maximum Gasteiger partial charge on any atom is 0.416 e. The molecule has 0 bridgehead atoms. The molecule has 0 aliphatic rings. The number of benzene rings is 3. The molecular formula is C25H24F4N2O. The monoisotopic (exact) mass is 444 g/mol. The highest BCUT2D eigenvalue weighted by Gasteiger charge is 2.30. The first-order valence-electron chi connectivity index (χ1n) is 10.2. The Labute approximate surface area is 184 Å². The van der Waals surface area contributed by atoms with Crippen molar-refractivity contribution in [2.75, 3.05) is 7.05 Å². The fourth-order valence-corrected chi connectivity index (χ4v) is 3.57. The van der Waals surface area contributed by atoms with Crippen LogP contribution in [0.25, 0.3) is 0 Å². The molecule has 168 valence electrons. The van der Waals surface area contributed by atoms with E-state index < -0.39 is 29.6 Å². The van der Waals surface area contributed by atoms with E-state index in [9.17, 15) is 22.4 Å². The van der Waals surface area contributed by atoms with Gasteiger partial charge in [0.25, 0.3) is 0 Å². The lowest BCUT2D eigenvalue weighted by Gasteiger charge is -2.26. The van der Waals surface area contributed by atoms with E-state index in [1.54, 1.807) is 30.3 Å². The molecule has 32 heavy (non-hydrogen) atoms. The van der Waals surface area contributed by atoms with Crippen LogP contribution in [0.1, 0.15) is 40.8 Å². The minimum absolute atomic E-state index is 0.271. The maximum absolute atomic E-state index is 14.6. The van der Waals surface area contributed by atoms with Crippen molar-refractivity contribution in [1.29, 1.82) is 0 Å². The van der Waals surface area contributed by atoms with Crippen LogP contribution in [0.5, 0.6) is 0 Å². The number of carbonyl (C=O) groups is 1. The average Bonchev–Trinajstić information content (AvgIpc) is 2.79. The zero-order valence-electron chi connectivity index (χ0n) is 17.5. The number of likely N-dealkylation sites (N-methyl/N-ethyl adjacent to an activating group) is 1. The van der Waals surface area contributed by atoms with E-state index in [0.29, 0.717) is 24.0 Å². The number of nitrogens with one attached hydrogen (secondary N) is 2. The van der Waals surface area contributed by atoms with Gasteiger partial charge in [0.05, 0.1) is 5.56 Å². The summed E-state index contributed by atoms with van der Waals surface area (Å²) in [5.41, 5.74) is 1.10. The Bertz CT molecular complexity index is 1020. The van der Waals surface area contributed by atoms with Gasteiger partial charge >= 0.3 is 6.18 Å². The number of rotatable bonds is 8. The predicted molar refractivity (Wildman–Crippen MR) is 115 cm³/mol. The molecule has 0 radical (unpaired) electrons. The molecule has 0 saturated heterocycles. The second kappa shape index (κ2) is 10.4. The van der Waals surface area contributed by atoms with E-state index in [-0.39, 0.29) is 5.91 Å². The smallest absolute Gasteiger partial charge is 0.358 e. The molecule has 3 rings (SSSR count). The highest BCUT2D eigenvalue weighted by Crippen LogP contribution is 2.30. The highest BCUT2D eigenvalue weighted by atomic mass is 19.4. The number of hydrogen-bond acceptors (Lipinski definition) is 2. The lowest BCUT2D eigenvalue weighted by atomic mass is 9.95. The number of halogens is 4. The molecule has 0 aromatic heterocycles. The third kappa shape index (κ3) is 5.95. The number of aryl methyl sites for hydroxylation is 1. The van der Waals surface area contributed by atoms with Crippen molar-refractivity contribution in [2.45, 2.75) is 31.1 Å². The fraction of sp³-hybridized carbons (Fsp3) is 0.240. The van der Waals surface area contributed by atoms with Gasteiger partial charge in [-0.2, -0.15) is 13.2 Å². The van der Waals surface area contributed by atoms with Crippen molar-refractivity contribution < 1.29 is 22.4 Å². The van der Waals surface area contributed by atoms with Crippen LogP contribution in [-0.2, 0) is 17.4 Å². The van der Waals surface area contributed by atoms with E-state index in [4.69, 9.17) is 0 Å². The van der Waals surface area contributed by atoms with Gasteiger partial charge in [-0.1, -0.05) is 60.7 Å². The van der Waals surface area contributed by atoms with Gasteiger partial charge in [0.15, 0.2) is 0 Å². The van der Waals surface area contributed by atoms with Gasteiger partial charge in [0.1, 0.15) is 11.9 Å². The van der Waals surface area contributed by atoms with E-state index >= 15 is 0 Å². The molecular weight excluding hydrogens is 420 g/mol. The molecule has 0 aliphatic heterocycles. The SMILES string of the molecule is CNC(=O)[C@H](N[C@@H](CCc1ccc(C(F)(F)F)cc1)c1ccccc1F)c1ccccc1. The Kier molecular flexibility index (Phi) is 7.64. The summed E-state index contributed by atoms with van der Waals surface area (Å²) < 4.78 is 53.1. The van der Waals surface area contributed by atoms with Crippen molar-refractivity contribution in [2.24, 2.45) is 0 Å². The molecule has 0 spiro atoms. The van der Waals surface area contributed by atoms with E-state index in [1.165, 1.54) is 25.2 Å².